The SMILES string of the molecule is COC(=O)c1cc(I)ccc1OS(=O)(=O)c1ccc(Cl)cc1. The molecule has 116 valence electrons. The Labute approximate surface area is 146 Å². The first kappa shape index (κ1) is 17.0. The summed E-state index contributed by atoms with van der Waals surface area (Å²) in [5.41, 5.74) is 0.0342. The highest BCUT2D eigenvalue weighted by atomic mass is 127. The Hall–Kier alpha value is -1.32. The van der Waals surface area contributed by atoms with Crippen LogP contribution < -0.4 is 4.18 Å². The number of halogens is 2. The van der Waals surface area contributed by atoms with Gasteiger partial charge in [0.2, 0.25) is 0 Å². The Morgan fingerprint density at radius 1 is 1.14 bits per heavy atom. The van der Waals surface area contributed by atoms with Crippen molar-refractivity contribution in [3.63, 3.8) is 0 Å². The van der Waals surface area contributed by atoms with E-state index in [2.05, 4.69) is 4.74 Å². The second-order valence-electron chi connectivity index (χ2n) is 4.12. The van der Waals surface area contributed by atoms with E-state index in [4.69, 9.17) is 15.8 Å². The van der Waals surface area contributed by atoms with Crippen LogP contribution in [0.25, 0.3) is 0 Å². The van der Waals surface area contributed by atoms with Gasteiger partial charge in [-0.1, -0.05) is 11.6 Å². The van der Waals surface area contributed by atoms with Gasteiger partial charge in [0.1, 0.15) is 10.5 Å². The summed E-state index contributed by atoms with van der Waals surface area (Å²) in [4.78, 5) is 11.7. The molecule has 22 heavy (non-hydrogen) atoms. The first-order chi connectivity index (χ1) is 10.3. The van der Waals surface area contributed by atoms with Crippen LogP contribution in [0.3, 0.4) is 0 Å². The molecule has 0 atom stereocenters. The fraction of sp³-hybridized carbons (Fsp3) is 0.0714. The quantitative estimate of drug-likeness (QED) is 0.403. The third-order valence-corrected chi connectivity index (χ3v) is 4.82. The number of carbonyl (C=O) groups excluding carboxylic acids is 1. The predicted molar refractivity (Wildman–Crippen MR) is 89.8 cm³/mol. The van der Waals surface area contributed by atoms with Gasteiger partial charge in [-0.2, -0.15) is 8.42 Å². The molecule has 0 radical (unpaired) electrons. The maximum absolute atomic E-state index is 12.2. The number of carbonyl (C=O) groups is 1. The van der Waals surface area contributed by atoms with Gasteiger partial charge in [0.25, 0.3) is 0 Å². The van der Waals surface area contributed by atoms with Crippen molar-refractivity contribution in [3.8, 4) is 5.75 Å². The van der Waals surface area contributed by atoms with E-state index in [1.807, 2.05) is 22.6 Å². The predicted octanol–water partition coefficient (Wildman–Crippen LogP) is 3.50. The molecule has 0 N–H and O–H groups in total. The number of hydrogen-bond donors (Lipinski definition) is 0. The third kappa shape index (κ3) is 3.90. The van der Waals surface area contributed by atoms with Crippen molar-refractivity contribution in [1.82, 2.24) is 0 Å². The summed E-state index contributed by atoms with van der Waals surface area (Å²) in [6.07, 6.45) is 0. The third-order valence-electron chi connectivity index (χ3n) is 2.65. The van der Waals surface area contributed by atoms with Crippen LogP contribution in [0.1, 0.15) is 10.4 Å². The Morgan fingerprint density at radius 3 is 2.36 bits per heavy atom. The van der Waals surface area contributed by atoms with Gasteiger partial charge in [-0.15, -0.1) is 0 Å². The van der Waals surface area contributed by atoms with E-state index >= 15 is 0 Å². The van der Waals surface area contributed by atoms with Crippen LogP contribution >= 0.6 is 34.2 Å². The molecule has 0 bridgehead atoms. The van der Waals surface area contributed by atoms with Crippen LogP contribution in [-0.4, -0.2) is 21.5 Å². The molecule has 0 saturated heterocycles. The molecule has 0 saturated carbocycles. The van der Waals surface area contributed by atoms with Crippen LogP contribution in [0.15, 0.2) is 47.4 Å². The molecule has 0 fully saturated rings. The van der Waals surface area contributed by atoms with E-state index in [1.165, 1.54) is 43.5 Å². The minimum atomic E-state index is -4.08. The van der Waals surface area contributed by atoms with Crippen molar-refractivity contribution in [2.45, 2.75) is 4.90 Å². The number of esters is 1. The molecule has 0 amide bonds. The molecule has 0 aromatic heterocycles. The molecule has 5 nitrogen and oxygen atoms in total. The van der Waals surface area contributed by atoms with E-state index in [9.17, 15) is 13.2 Å². The number of hydrogen-bond acceptors (Lipinski definition) is 5. The van der Waals surface area contributed by atoms with E-state index in [1.54, 1.807) is 6.07 Å². The maximum Gasteiger partial charge on any atom is 0.341 e. The lowest BCUT2D eigenvalue weighted by atomic mass is 10.2. The highest BCUT2D eigenvalue weighted by molar-refractivity contribution is 14.1. The number of ether oxygens (including phenoxy) is 1. The first-order valence-electron chi connectivity index (χ1n) is 5.91. The van der Waals surface area contributed by atoms with Crippen molar-refractivity contribution in [2.75, 3.05) is 7.11 Å². The minimum absolute atomic E-state index is 0.0342. The molecule has 2 aromatic rings. The highest BCUT2D eigenvalue weighted by Crippen LogP contribution is 2.26. The largest absolute Gasteiger partial charge is 0.465 e. The Kier molecular flexibility index (Phi) is 5.30. The molecule has 0 spiro atoms. The second kappa shape index (κ2) is 6.84. The zero-order valence-electron chi connectivity index (χ0n) is 11.2. The monoisotopic (exact) mass is 452 g/mol. The normalized spacial score (nSPS) is 11.0. The van der Waals surface area contributed by atoms with Crippen LogP contribution in [0, 0.1) is 3.57 Å². The van der Waals surface area contributed by atoms with Crippen molar-refractivity contribution >= 4 is 50.3 Å². The second-order valence-corrected chi connectivity index (χ2v) is 7.35. The Morgan fingerprint density at radius 2 is 1.77 bits per heavy atom. The average molecular weight is 453 g/mol. The summed E-state index contributed by atoms with van der Waals surface area (Å²) in [5.74, 6) is -0.776. The summed E-state index contributed by atoms with van der Waals surface area (Å²) >= 11 is 7.72. The van der Waals surface area contributed by atoms with Gasteiger partial charge in [-0.05, 0) is 65.1 Å². The van der Waals surface area contributed by atoms with Crippen molar-refractivity contribution in [1.29, 1.82) is 0 Å². The Balaban J connectivity index is 2.41. The lowest BCUT2D eigenvalue weighted by Gasteiger charge is -2.11. The van der Waals surface area contributed by atoms with Gasteiger partial charge in [-0.3, -0.25) is 0 Å². The average Bonchev–Trinajstić information content (AvgIpc) is 2.48. The summed E-state index contributed by atoms with van der Waals surface area (Å²) in [6, 6.07) is 10.0. The van der Waals surface area contributed by atoms with Gasteiger partial charge in [-0.25, -0.2) is 4.79 Å². The molecule has 0 aliphatic rings. The Bertz CT molecular complexity index is 802. The van der Waals surface area contributed by atoms with E-state index < -0.39 is 16.1 Å². The topological polar surface area (TPSA) is 69.7 Å². The van der Waals surface area contributed by atoms with E-state index in [-0.39, 0.29) is 16.2 Å². The fourth-order valence-electron chi connectivity index (χ4n) is 1.61. The highest BCUT2D eigenvalue weighted by Gasteiger charge is 2.21. The van der Waals surface area contributed by atoms with Gasteiger partial charge in [0.05, 0.1) is 7.11 Å². The fourth-order valence-corrected chi connectivity index (χ4v) is 3.18. The molecule has 8 heteroatoms. The van der Waals surface area contributed by atoms with Crippen LogP contribution in [0.5, 0.6) is 5.75 Å². The zero-order valence-corrected chi connectivity index (χ0v) is 15.0. The zero-order chi connectivity index (χ0) is 16.3. The van der Waals surface area contributed by atoms with E-state index in [0.29, 0.717) is 5.02 Å². The minimum Gasteiger partial charge on any atom is -0.465 e. The molecule has 0 unspecified atom stereocenters. The van der Waals surface area contributed by atoms with Crippen LogP contribution in [0.4, 0.5) is 0 Å². The summed E-state index contributed by atoms with van der Waals surface area (Å²) in [6.45, 7) is 0. The number of methoxy groups -OCH3 is 1. The van der Waals surface area contributed by atoms with Crippen LogP contribution in [-0.2, 0) is 14.9 Å². The molecule has 2 rings (SSSR count). The van der Waals surface area contributed by atoms with Gasteiger partial charge in [0, 0.05) is 8.59 Å². The summed E-state index contributed by atoms with van der Waals surface area (Å²) < 4.78 is 34.9. The lowest BCUT2D eigenvalue weighted by molar-refractivity contribution is 0.0598. The molecule has 0 aliphatic carbocycles. The molecule has 2 aromatic carbocycles. The number of benzene rings is 2. The van der Waals surface area contributed by atoms with E-state index in [0.717, 1.165) is 3.57 Å². The molecule has 0 aliphatic heterocycles. The number of rotatable bonds is 4. The summed E-state index contributed by atoms with van der Waals surface area (Å²) in [7, 11) is -2.87. The summed E-state index contributed by atoms with van der Waals surface area (Å²) in [5, 5.41) is 0.406. The van der Waals surface area contributed by atoms with Crippen molar-refractivity contribution in [2.24, 2.45) is 0 Å². The smallest absolute Gasteiger partial charge is 0.341 e. The maximum atomic E-state index is 12.2. The molecular weight excluding hydrogens is 443 g/mol. The van der Waals surface area contributed by atoms with Gasteiger partial charge >= 0.3 is 16.1 Å². The lowest BCUT2D eigenvalue weighted by Crippen LogP contribution is -2.13. The van der Waals surface area contributed by atoms with Crippen LogP contribution in [0.2, 0.25) is 5.02 Å². The first-order valence-corrected chi connectivity index (χ1v) is 8.78. The van der Waals surface area contributed by atoms with Gasteiger partial charge < -0.3 is 8.92 Å². The molecular formula is C14H10ClIO5S. The van der Waals surface area contributed by atoms with Crippen molar-refractivity contribution in [3.05, 3.63) is 56.6 Å². The van der Waals surface area contributed by atoms with Crippen molar-refractivity contribution < 1.29 is 22.1 Å². The van der Waals surface area contributed by atoms with Gasteiger partial charge in [0.15, 0.2) is 5.75 Å². The molecule has 0 heterocycles. The standard InChI is InChI=1S/C14H10ClIO5S/c1-20-14(17)12-8-10(16)4-7-13(12)21-22(18,19)11-5-2-9(15)3-6-11/h2-8H,1H3.